The lowest BCUT2D eigenvalue weighted by Gasteiger charge is -2.14. The van der Waals surface area contributed by atoms with E-state index in [1.807, 2.05) is 30.3 Å². The summed E-state index contributed by atoms with van der Waals surface area (Å²) in [7, 11) is 0. The summed E-state index contributed by atoms with van der Waals surface area (Å²) >= 11 is 11.7. The molecule has 23 heavy (non-hydrogen) atoms. The number of rotatable bonds is 5. The van der Waals surface area contributed by atoms with Crippen molar-refractivity contribution >= 4 is 35.0 Å². The molecular formula is C16H15Cl2N3O2. The van der Waals surface area contributed by atoms with Gasteiger partial charge in [0, 0.05) is 6.54 Å². The van der Waals surface area contributed by atoms with Crippen molar-refractivity contribution in [3.8, 4) is 0 Å². The number of hydrogen-bond donors (Lipinski definition) is 2. The van der Waals surface area contributed by atoms with Crippen LogP contribution in [-0.2, 0) is 11.3 Å². The number of amides is 2. The van der Waals surface area contributed by atoms with Crippen molar-refractivity contribution in [1.29, 1.82) is 0 Å². The number of benzene rings is 1. The third-order valence-electron chi connectivity index (χ3n) is 3.08. The lowest BCUT2D eigenvalue weighted by Crippen LogP contribution is -2.44. The number of hydrogen-bond acceptors (Lipinski definition) is 3. The summed E-state index contributed by atoms with van der Waals surface area (Å²) in [5.41, 5.74) is 0.959. The number of halogens is 2. The predicted molar refractivity (Wildman–Crippen MR) is 89.5 cm³/mol. The molecule has 0 saturated heterocycles. The molecule has 2 amide bonds. The molecule has 1 unspecified atom stereocenters. The Balaban J connectivity index is 1.92. The van der Waals surface area contributed by atoms with Crippen LogP contribution < -0.4 is 10.6 Å². The van der Waals surface area contributed by atoms with Gasteiger partial charge >= 0.3 is 0 Å². The lowest BCUT2D eigenvalue weighted by molar-refractivity contribution is -0.122. The second-order valence-corrected chi connectivity index (χ2v) is 5.66. The van der Waals surface area contributed by atoms with Crippen molar-refractivity contribution in [3.05, 3.63) is 63.9 Å². The zero-order valence-electron chi connectivity index (χ0n) is 12.3. The molecule has 7 heteroatoms. The maximum absolute atomic E-state index is 12.1. The van der Waals surface area contributed by atoms with Gasteiger partial charge in [0.1, 0.15) is 16.9 Å². The van der Waals surface area contributed by atoms with Gasteiger partial charge in [-0.25, -0.2) is 4.98 Å². The molecular weight excluding hydrogens is 337 g/mol. The number of aromatic nitrogens is 1. The number of pyridine rings is 1. The predicted octanol–water partition coefficient (Wildman–Crippen LogP) is 2.82. The van der Waals surface area contributed by atoms with Crippen LogP contribution >= 0.6 is 23.2 Å². The maximum Gasteiger partial charge on any atom is 0.272 e. The van der Waals surface area contributed by atoms with Crippen LogP contribution in [0.5, 0.6) is 0 Å². The molecule has 2 aromatic rings. The average Bonchev–Trinajstić information content (AvgIpc) is 2.55. The second-order valence-electron chi connectivity index (χ2n) is 4.86. The topological polar surface area (TPSA) is 71.1 Å². The van der Waals surface area contributed by atoms with Crippen LogP contribution in [0.3, 0.4) is 0 Å². The molecule has 0 spiro atoms. The number of nitrogens with one attached hydrogen (secondary N) is 2. The second kappa shape index (κ2) is 7.94. The molecule has 0 aliphatic carbocycles. The Morgan fingerprint density at radius 3 is 2.52 bits per heavy atom. The third kappa shape index (κ3) is 4.94. The molecule has 120 valence electrons. The van der Waals surface area contributed by atoms with E-state index in [0.29, 0.717) is 6.54 Å². The summed E-state index contributed by atoms with van der Waals surface area (Å²) in [6.45, 7) is 1.97. The quantitative estimate of drug-likeness (QED) is 0.813. The van der Waals surface area contributed by atoms with Gasteiger partial charge in [0.2, 0.25) is 5.91 Å². The monoisotopic (exact) mass is 351 g/mol. The van der Waals surface area contributed by atoms with Crippen molar-refractivity contribution in [1.82, 2.24) is 15.6 Å². The van der Waals surface area contributed by atoms with Crippen LogP contribution in [-0.4, -0.2) is 22.8 Å². The molecule has 0 bridgehead atoms. The summed E-state index contributed by atoms with van der Waals surface area (Å²) in [4.78, 5) is 28.0. The van der Waals surface area contributed by atoms with E-state index in [9.17, 15) is 9.59 Å². The molecule has 5 nitrogen and oxygen atoms in total. The molecule has 0 saturated carbocycles. The largest absolute Gasteiger partial charge is 0.350 e. The number of nitrogens with zero attached hydrogens (tertiary/aromatic N) is 1. The molecule has 1 heterocycles. The Kier molecular flexibility index (Phi) is 5.96. The highest BCUT2D eigenvalue weighted by Crippen LogP contribution is 2.16. The minimum atomic E-state index is -0.733. The van der Waals surface area contributed by atoms with Gasteiger partial charge in [-0.05, 0) is 24.6 Å². The Morgan fingerprint density at radius 2 is 1.83 bits per heavy atom. The Morgan fingerprint density at radius 1 is 1.13 bits per heavy atom. The first-order valence-corrected chi connectivity index (χ1v) is 7.67. The summed E-state index contributed by atoms with van der Waals surface area (Å²) in [6, 6.07) is 11.7. The minimum Gasteiger partial charge on any atom is -0.350 e. The van der Waals surface area contributed by atoms with Crippen LogP contribution in [0, 0.1) is 0 Å². The molecule has 0 radical (unpaired) electrons. The number of carbonyl (C=O) groups excluding carboxylic acids is 2. The fourth-order valence-corrected chi connectivity index (χ4v) is 2.18. The first-order valence-electron chi connectivity index (χ1n) is 6.92. The van der Waals surface area contributed by atoms with Gasteiger partial charge in [-0.3, -0.25) is 9.59 Å². The lowest BCUT2D eigenvalue weighted by atomic mass is 10.2. The summed E-state index contributed by atoms with van der Waals surface area (Å²) in [5.74, 6) is -0.861. The van der Waals surface area contributed by atoms with Crippen LogP contribution in [0.1, 0.15) is 23.0 Å². The van der Waals surface area contributed by atoms with Crippen LogP contribution in [0.25, 0.3) is 0 Å². The van der Waals surface area contributed by atoms with Crippen molar-refractivity contribution < 1.29 is 9.59 Å². The van der Waals surface area contributed by atoms with Gasteiger partial charge in [0.15, 0.2) is 0 Å². The molecule has 1 aromatic heterocycles. The van der Waals surface area contributed by atoms with Crippen LogP contribution in [0.4, 0.5) is 0 Å². The van der Waals surface area contributed by atoms with Gasteiger partial charge < -0.3 is 10.6 Å². The molecule has 0 aliphatic rings. The Labute approximate surface area is 144 Å². The van der Waals surface area contributed by atoms with Gasteiger partial charge in [-0.2, -0.15) is 0 Å². The standard InChI is InChI=1S/C16H15Cl2N3O2/c1-10(15(22)19-9-11-5-3-2-4-6-11)20-16(23)14-12(17)7-8-13(18)21-14/h2-8,10H,9H2,1H3,(H,19,22)(H,20,23). The van der Waals surface area contributed by atoms with Crippen molar-refractivity contribution in [3.63, 3.8) is 0 Å². The zero-order valence-corrected chi connectivity index (χ0v) is 13.9. The Hall–Kier alpha value is -2.11. The number of carbonyl (C=O) groups is 2. The zero-order chi connectivity index (χ0) is 16.8. The fourth-order valence-electron chi connectivity index (χ4n) is 1.85. The van der Waals surface area contributed by atoms with E-state index in [1.54, 1.807) is 6.92 Å². The molecule has 0 fully saturated rings. The minimum absolute atomic E-state index is 0.0122. The first kappa shape index (κ1) is 17.2. The maximum atomic E-state index is 12.1. The van der Waals surface area contributed by atoms with E-state index in [0.717, 1.165) is 5.56 Å². The average molecular weight is 352 g/mol. The fraction of sp³-hybridized carbons (Fsp3) is 0.188. The smallest absolute Gasteiger partial charge is 0.272 e. The van der Waals surface area contributed by atoms with E-state index in [2.05, 4.69) is 15.6 Å². The SMILES string of the molecule is CC(NC(=O)c1nc(Cl)ccc1Cl)C(=O)NCc1ccccc1. The van der Waals surface area contributed by atoms with Crippen molar-refractivity contribution in [2.24, 2.45) is 0 Å². The van der Waals surface area contributed by atoms with Gasteiger partial charge in [-0.15, -0.1) is 0 Å². The van der Waals surface area contributed by atoms with E-state index in [-0.39, 0.29) is 21.8 Å². The normalized spacial score (nSPS) is 11.6. The van der Waals surface area contributed by atoms with E-state index in [4.69, 9.17) is 23.2 Å². The van der Waals surface area contributed by atoms with E-state index in [1.165, 1.54) is 12.1 Å². The van der Waals surface area contributed by atoms with Crippen LogP contribution in [0.2, 0.25) is 10.2 Å². The summed E-state index contributed by atoms with van der Waals surface area (Å²) < 4.78 is 0. The molecule has 0 aliphatic heterocycles. The van der Waals surface area contributed by atoms with Gasteiger partial charge in [-0.1, -0.05) is 53.5 Å². The molecule has 2 rings (SSSR count). The first-order chi connectivity index (χ1) is 11.0. The van der Waals surface area contributed by atoms with E-state index >= 15 is 0 Å². The Bertz CT molecular complexity index is 708. The molecule has 1 aromatic carbocycles. The highest BCUT2D eigenvalue weighted by molar-refractivity contribution is 6.34. The van der Waals surface area contributed by atoms with Gasteiger partial charge in [0.05, 0.1) is 5.02 Å². The third-order valence-corrected chi connectivity index (χ3v) is 3.59. The van der Waals surface area contributed by atoms with Crippen molar-refractivity contribution in [2.75, 3.05) is 0 Å². The highest BCUT2D eigenvalue weighted by atomic mass is 35.5. The van der Waals surface area contributed by atoms with E-state index < -0.39 is 11.9 Å². The van der Waals surface area contributed by atoms with Gasteiger partial charge in [0.25, 0.3) is 5.91 Å². The molecule has 2 N–H and O–H groups in total. The van der Waals surface area contributed by atoms with Crippen LogP contribution in [0.15, 0.2) is 42.5 Å². The summed E-state index contributed by atoms with van der Waals surface area (Å²) in [6.07, 6.45) is 0. The summed E-state index contributed by atoms with van der Waals surface area (Å²) in [5, 5.41) is 5.62. The highest BCUT2D eigenvalue weighted by Gasteiger charge is 2.19. The molecule has 1 atom stereocenters. The van der Waals surface area contributed by atoms with Crippen molar-refractivity contribution in [2.45, 2.75) is 19.5 Å².